The van der Waals surface area contributed by atoms with Crippen molar-refractivity contribution in [1.82, 2.24) is 14.9 Å². The van der Waals surface area contributed by atoms with E-state index in [1.54, 1.807) is 25.1 Å². The lowest BCUT2D eigenvalue weighted by molar-refractivity contribution is 0.0456. The number of aliphatic hydroxyl groups is 1. The van der Waals surface area contributed by atoms with Crippen LogP contribution in [0.1, 0.15) is 78.2 Å². The second-order valence-electron chi connectivity index (χ2n) is 13.6. The number of hydrogen-bond donors (Lipinski definition) is 2. The zero-order chi connectivity index (χ0) is 32.8. The maximum atomic E-state index is 13.7. The molecule has 7 rings (SSSR count). The summed E-state index contributed by atoms with van der Waals surface area (Å²) < 4.78 is 41.7. The standard InChI is InChI=1S/C35H41ClN4O6S/c1-22-37-38-33(46-22)15-11-27-6-2-3-7-31(41)28-12-8-25(28)19-40-20-35(16-4-5-23-17-26(36)10-13-29(23)35)21-45-32-14-9-24(18-30(32)40)34(42)39-47(27,43)44/h3,7,9-10,13-14,17-18,25,27-28,31,41H,2,4-6,8,11-12,15-16,19-21H2,1H3,(H,39,42)/b7-3+/t25-,27-,28+,31-,35-/m0/s1. The lowest BCUT2D eigenvalue weighted by Crippen LogP contribution is -2.49. The van der Waals surface area contributed by atoms with E-state index in [0.29, 0.717) is 43.6 Å². The van der Waals surface area contributed by atoms with Gasteiger partial charge in [-0.15, -0.1) is 10.2 Å². The predicted molar refractivity (Wildman–Crippen MR) is 178 cm³/mol. The van der Waals surface area contributed by atoms with E-state index in [1.165, 1.54) is 11.1 Å². The van der Waals surface area contributed by atoms with Gasteiger partial charge in [0.25, 0.3) is 5.91 Å². The molecule has 12 heteroatoms. The summed E-state index contributed by atoms with van der Waals surface area (Å²) in [5.74, 6) is 1.08. The molecule has 10 nitrogen and oxygen atoms in total. The van der Waals surface area contributed by atoms with Crippen LogP contribution in [0.4, 0.5) is 5.69 Å². The van der Waals surface area contributed by atoms with Crippen LogP contribution in [0.25, 0.3) is 0 Å². The lowest BCUT2D eigenvalue weighted by Gasteiger charge is -2.45. The number of allylic oxidation sites excluding steroid dienone is 1. The minimum absolute atomic E-state index is 0.0898. The highest BCUT2D eigenvalue weighted by atomic mass is 35.5. The van der Waals surface area contributed by atoms with E-state index in [0.717, 1.165) is 42.8 Å². The van der Waals surface area contributed by atoms with Gasteiger partial charge in [0.15, 0.2) is 0 Å². The second kappa shape index (κ2) is 12.9. The Balaban J connectivity index is 1.24. The number of carbonyl (C=O) groups is 1. The summed E-state index contributed by atoms with van der Waals surface area (Å²) in [5, 5.41) is 18.9. The molecule has 3 heterocycles. The zero-order valence-electron chi connectivity index (χ0n) is 26.5. The van der Waals surface area contributed by atoms with E-state index in [1.807, 2.05) is 18.2 Å². The third-order valence-corrected chi connectivity index (χ3v) is 12.6. The molecular formula is C35H41ClN4O6S. The molecule has 2 bridgehead atoms. The fourth-order valence-electron chi connectivity index (χ4n) is 7.92. The number of nitrogens with one attached hydrogen (secondary N) is 1. The molecule has 250 valence electrons. The highest BCUT2D eigenvalue weighted by Gasteiger charge is 2.44. The van der Waals surface area contributed by atoms with Gasteiger partial charge in [0, 0.05) is 42.4 Å². The van der Waals surface area contributed by atoms with Gasteiger partial charge in [0.1, 0.15) is 5.75 Å². The summed E-state index contributed by atoms with van der Waals surface area (Å²) in [6.07, 6.45) is 9.06. The van der Waals surface area contributed by atoms with Crippen molar-refractivity contribution in [3.8, 4) is 5.75 Å². The Morgan fingerprint density at radius 3 is 2.81 bits per heavy atom. The van der Waals surface area contributed by atoms with Crippen LogP contribution < -0.4 is 14.4 Å². The van der Waals surface area contributed by atoms with Crippen molar-refractivity contribution < 1.29 is 27.5 Å². The number of aromatic nitrogens is 2. The van der Waals surface area contributed by atoms with E-state index in [9.17, 15) is 18.3 Å². The highest BCUT2D eigenvalue weighted by molar-refractivity contribution is 7.90. The van der Waals surface area contributed by atoms with Crippen molar-refractivity contribution in [1.29, 1.82) is 0 Å². The van der Waals surface area contributed by atoms with Gasteiger partial charge in [-0.2, -0.15) is 0 Å². The maximum Gasteiger partial charge on any atom is 0.264 e. The first-order valence-electron chi connectivity index (χ1n) is 16.6. The Bertz CT molecular complexity index is 1790. The van der Waals surface area contributed by atoms with Gasteiger partial charge in [-0.05, 0) is 105 Å². The van der Waals surface area contributed by atoms with Gasteiger partial charge in [-0.3, -0.25) is 4.79 Å². The van der Waals surface area contributed by atoms with Gasteiger partial charge in [-0.1, -0.05) is 29.8 Å². The third kappa shape index (κ3) is 6.54. The average molecular weight is 681 g/mol. The Labute approximate surface area is 280 Å². The molecule has 2 aliphatic carbocycles. The number of aliphatic hydroxyl groups excluding tert-OH is 1. The Morgan fingerprint density at radius 2 is 2.02 bits per heavy atom. The summed E-state index contributed by atoms with van der Waals surface area (Å²) in [4.78, 5) is 15.9. The first kappa shape index (κ1) is 32.2. The number of anilines is 1. The van der Waals surface area contributed by atoms with E-state index in [2.05, 4.69) is 32.0 Å². The molecule has 0 radical (unpaired) electrons. The molecule has 1 fully saturated rings. The van der Waals surface area contributed by atoms with Crippen LogP contribution in [0.3, 0.4) is 0 Å². The molecule has 4 aliphatic rings. The molecule has 0 unspecified atom stereocenters. The third-order valence-electron chi connectivity index (χ3n) is 10.6. The zero-order valence-corrected chi connectivity index (χ0v) is 28.1. The van der Waals surface area contributed by atoms with Crippen molar-refractivity contribution in [2.45, 2.75) is 81.5 Å². The number of sulfonamides is 1. The number of fused-ring (bicyclic) bond motifs is 4. The molecule has 0 saturated heterocycles. The van der Waals surface area contributed by atoms with Gasteiger partial charge in [0.05, 0.1) is 23.6 Å². The first-order valence-corrected chi connectivity index (χ1v) is 18.5. The second-order valence-corrected chi connectivity index (χ2v) is 16.0. The lowest BCUT2D eigenvalue weighted by atomic mass is 9.68. The number of carbonyl (C=O) groups excluding carboxylic acids is 1. The van der Waals surface area contributed by atoms with Crippen LogP contribution in [0.15, 0.2) is 53.0 Å². The molecule has 1 spiro atoms. The first-order chi connectivity index (χ1) is 22.6. The molecule has 1 amide bonds. The number of benzene rings is 2. The van der Waals surface area contributed by atoms with Crippen molar-refractivity contribution in [2.75, 3.05) is 24.6 Å². The van der Waals surface area contributed by atoms with Gasteiger partial charge in [0.2, 0.25) is 21.8 Å². The molecule has 1 aromatic heterocycles. The molecule has 5 atom stereocenters. The summed E-state index contributed by atoms with van der Waals surface area (Å²) in [6.45, 7) is 3.52. The number of rotatable bonds is 3. The number of halogens is 1. The van der Waals surface area contributed by atoms with Crippen LogP contribution in [0.5, 0.6) is 5.75 Å². The molecule has 47 heavy (non-hydrogen) atoms. The van der Waals surface area contributed by atoms with Crippen LogP contribution >= 0.6 is 11.6 Å². The normalized spacial score (nSPS) is 29.4. The minimum atomic E-state index is -4.08. The number of aryl methyl sites for hydroxylation is 3. The molecule has 2 N–H and O–H groups in total. The fraction of sp³-hybridized carbons (Fsp3) is 0.514. The number of hydrogen-bond acceptors (Lipinski definition) is 9. The van der Waals surface area contributed by atoms with Crippen molar-refractivity contribution in [3.05, 3.63) is 82.0 Å². The highest BCUT2D eigenvalue weighted by Crippen LogP contribution is 2.46. The Kier molecular flexibility index (Phi) is 8.82. The quantitative estimate of drug-likeness (QED) is 0.353. The minimum Gasteiger partial charge on any atom is -0.490 e. The van der Waals surface area contributed by atoms with E-state index >= 15 is 0 Å². The topological polar surface area (TPSA) is 135 Å². The number of nitrogens with zero attached hydrogens (tertiary/aromatic N) is 3. The van der Waals surface area contributed by atoms with Gasteiger partial charge < -0.3 is 19.2 Å². The summed E-state index contributed by atoms with van der Waals surface area (Å²) in [7, 11) is -4.08. The van der Waals surface area contributed by atoms with Gasteiger partial charge in [-0.25, -0.2) is 13.1 Å². The Hall–Kier alpha value is -3.41. The van der Waals surface area contributed by atoms with E-state index in [4.69, 9.17) is 20.8 Å². The smallest absolute Gasteiger partial charge is 0.264 e. The Morgan fingerprint density at radius 1 is 1.15 bits per heavy atom. The monoisotopic (exact) mass is 680 g/mol. The van der Waals surface area contributed by atoms with Crippen LogP contribution in [0, 0.1) is 18.8 Å². The fourth-order valence-corrected chi connectivity index (χ4v) is 9.53. The molecule has 2 aliphatic heterocycles. The number of amides is 1. The summed E-state index contributed by atoms with van der Waals surface area (Å²) >= 11 is 6.41. The molecule has 2 aromatic carbocycles. The molecular weight excluding hydrogens is 640 g/mol. The van der Waals surface area contributed by atoms with Crippen LogP contribution in [0.2, 0.25) is 5.02 Å². The van der Waals surface area contributed by atoms with Crippen molar-refractivity contribution >= 4 is 33.2 Å². The number of ether oxygens (including phenoxy) is 1. The molecule has 3 aromatic rings. The van der Waals surface area contributed by atoms with E-state index in [-0.39, 0.29) is 42.1 Å². The SMILES string of the molecule is Cc1nnc(CC[C@@H]2CC/C=C/[C@H](O)[C@@H]3CC[C@H]3CN3C[C@@]4(CCCc5cc(Cl)ccc54)COc4ccc(cc43)C(=O)NS2(=O)=O)o1. The summed E-state index contributed by atoms with van der Waals surface area (Å²) in [6, 6.07) is 11.3. The van der Waals surface area contributed by atoms with Crippen LogP contribution in [-0.2, 0) is 28.3 Å². The van der Waals surface area contributed by atoms with Crippen molar-refractivity contribution in [3.63, 3.8) is 0 Å². The predicted octanol–water partition coefficient (Wildman–Crippen LogP) is 5.30. The van der Waals surface area contributed by atoms with E-state index < -0.39 is 27.3 Å². The summed E-state index contributed by atoms with van der Waals surface area (Å²) in [5.41, 5.74) is 3.21. The molecule has 1 saturated carbocycles. The average Bonchev–Trinajstić information content (AvgIpc) is 3.37. The maximum absolute atomic E-state index is 13.7. The largest absolute Gasteiger partial charge is 0.490 e. The van der Waals surface area contributed by atoms with Gasteiger partial charge >= 0.3 is 0 Å². The van der Waals surface area contributed by atoms with Crippen molar-refractivity contribution in [2.24, 2.45) is 11.8 Å². The van der Waals surface area contributed by atoms with Crippen LogP contribution in [-0.4, -0.2) is 60.7 Å².